The highest BCUT2D eigenvalue weighted by Gasteiger charge is 2.33. The molecule has 1 amide bonds. The van der Waals surface area contributed by atoms with Crippen LogP contribution < -0.4 is 11.1 Å². The molecule has 106 valence electrons. The lowest BCUT2D eigenvalue weighted by Crippen LogP contribution is -2.58. The molecule has 1 aliphatic carbocycles. The molecule has 0 spiro atoms. The number of carbonyl (C=O) groups is 1. The van der Waals surface area contributed by atoms with Crippen LogP contribution >= 0.6 is 0 Å². The van der Waals surface area contributed by atoms with Crippen LogP contribution in [0.5, 0.6) is 0 Å². The molecule has 1 aliphatic rings. The average molecular weight is 256 g/mol. The molecule has 0 saturated heterocycles. The molecule has 3 unspecified atom stereocenters. The average Bonchev–Trinajstić information content (AvgIpc) is 2.25. The smallest absolute Gasteiger partial charge is 0.239 e. The lowest BCUT2D eigenvalue weighted by molar-refractivity contribution is -0.128. The van der Waals surface area contributed by atoms with E-state index in [9.17, 15) is 4.79 Å². The number of ether oxygens (including phenoxy) is 1. The van der Waals surface area contributed by atoms with Gasteiger partial charge in [-0.3, -0.25) is 10.1 Å². The van der Waals surface area contributed by atoms with Gasteiger partial charge in [0, 0.05) is 6.04 Å². The van der Waals surface area contributed by atoms with Crippen molar-refractivity contribution in [2.45, 2.75) is 71.1 Å². The maximum Gasteiger partial charge on any atom is 0.239 e. The first kappa shape index (κ1) is 15.4. The summed E-state index contributed by atoms with van der Waals surface area (Å²) < 4.78 is 5.92. The van der Waals surface area contributed by atoms with Crippen molar-refractivity contribution >= 4 is 5.91 Å². The summed E-state index contributed by atoms with van der Waals surface area (Å²) in [5, 5.41) is 3.21. The highest BCUT2D eigenvalue weighted by molar-refractivity contribution is 5.84. The van der Waals surface area contributed by atoms with Crippen LogP contribution in [0.1, 0.15) is 53.4 Å². The third kappa shape index (κ3) is 4.58. The van der Waals surface area contributed by atoms with E-state index < -0.39 is 5.54 Å². The Morgan fingerprint density at radius 3 is 2.67 bits per heavy atom. The maximum atomic E-state index is 11.6. The normalized spacial score (nSPS) is 28.1. The van der Waals surface area contributed by atoms with E-state index in [1.165, 1.54) is 12.8 Å². The topological polar surface area (TPSA) is 64.3 Å². The Labute approximate surface area is 111 Å². The number of nitrogens with two attached hydrogens (primary N) is 1. The van der Waals surface area contributed by atoms with Gasteiger partial charge in [0.1, 0.15) is 5.54 Å². The lowest BCUT2D eigenvalue weighted by atomic mass is 9.88. The van der Waals surface area contributed by atoms with E-state index in [2.05, 4.69) is 12.2 Å². The molecule has 1 saturated carbocycles. The van der Waals surface area contributed by atoms with Crippen LogP contribution in [0.15, 0.2) is 0 Å². The number of primary amides is 1. The number of amides is 1. The van der Waals surface area contributed by atoms with Crippen LogP contribution in [-0.4, -0.2) is 30.2 Å². The van der Waals surface area contributed by atoms with E-state index in [0.29, 0.717) is 6.61 Å². The molecule has 3 atom stereocenters. The number of hydrogen-bond acceptors (Lipinski definition) is 3. The molecule has 0 aromatic carbocycles. The molecule has 0 heterocycles. The third-order valence-electron chi connectivity index (χ3n) is 3.65. The standard InChI is InChI=1S/C14H28N2O2/c1-10(2)16-14(4,13(15)17)9-18-12-7-5-6-11(3)8-12/h10-12,16H,5-9H2,1-4H3,(H2,15,17). The highest BCUT2D eigenvalue weighted by Crippen LogP contribution is 2.26. The second-order valence-corrected chi connectivity index (χ2v) is 6.20. The van der Waals surface area contributed by atoms with Gasteiger partial charge in [0.15, 0.2) is 0 Å². The van der Waals surface area contributed by atoms with E-state index in [0.717, 1.165) is 18.8 Å². The quantitative estimate of drug-likeness (QED) is 0.762. The summed E-state index contributed by atoms with van der Waals surface area (Å²) in [6.07, 6.45) is 4.98. The third-order valence-corrected chi connectivity index (χ3v) is 3.65. The van der Waals surface area contributed by atoms with Crippen molar-refractivity contribution < 1.29 is 9.53 Å². The molecule has 1 fully saturated rings. The van der Waals surface area contributed by atoms with Crippen LogP contribution in [0.25, 0.3) is 0 Å². The summed E-state index contributed by atoms with van der Waals surface area (Å²) in [7, 11) is 0. The van der Waals surface area contributed by atoms with Crippen molar-refractivity contribution in [2.24, 2.45) is 11.7 Å². The molecule has 1 rings (SSSR count). The Hall–Kier alpha value is -0.610. The van der Waals surface area contributed by atoms with E-state index in [-0.39, 0.29) is 18.1 Å². The largest absolute Gasteiger partial charge is 0.376 e. The molecule has 4 nitrogen and oxygen atoms in total. The van der Waals surface area contributed by atoms with E-state index in [4.69, 9.17) is 10.5 Å². The van der Waals surface area contributed by atoms with Gasteiger partial charge in [-0.15, -0.1) is 0 Å². The minimum atomic E-state index is -0.769. The summed E-state index contributed by atoms with van der Waals surface area (Å²) in [5.74, 6) is 0.377. The zero-order chi connectivity index (χ0) is 13.8. The molecule has 0 aliphatic heterocycles. The van der Waals surface area contributed by atoms with Crippen molar-refractivity contribution in [3.8, 4) is 0 Å². The summed E-state index contributed by atoms with van der Waals surface area (Å²) in [6.45, 7) is 8.45. The molecule has 4 heteroatoms. The summed E-state index contributed by atoms with van der Waals surface area (Å²) in [5.41, 5.74) is 4.71. The van der Waals surface area contributed by atoms with Crippen LogP contribution in [0.3, 0.4) is 0 Å². The van der Waals surface area contributed by atoms with Crippen LogP contribution in [0.4, 0.5) is 0 Å². The molecular weight excluding hydrogens is 228 g/mol. The summed E-state index contributed by atoms with van der Waals surface area (Å²) >= 11 is 0. The number of rotatable bonds is 6. The Bertz CT molecular complexity index is 281. The molecule has 0 aromatic heterocycles. The fraction of sp³-hybridized carbons (Fsp3) is 0.929. The minimum Gasteiger partial charge on any atom is -0.376 e. The molecule has 0 aromatic rings. The predicted molar refractivity (Wildman–Crippen MR) is 73.2 cm³/mol. The van der Waals surface area contributed by atoms with Crippen molar-refractivity contribution in [3.05, 3.63) is 0 Å². The van der Waals surface area contributed by atoms with Gasteiger partial charge < -0.3 is 10.5 Å². The van der Waals surface area contributed by atoms with Gasteiger partial charge in [-0.05, 0) is 39.5 Å². The van der Waals surface area contributed by atoms with Gasteiger partial charge in [-0.1, -0.05) is 19.8 Å². The van der Waals surface area contributed by atoms with Gasteiger partial charge >= 0.3 is 0 Å². The van der Waals surface area contributed by atoms with Crippen LogP contribution in [0, 0.1) is 5.92 Å². The second kappa shape index (κ2) is 6.53. The number of nitrogens with one attached hydrogen (secondary N) is 1. The van der Waals surface area contributed by atoms with Crippen molar-refractivity contribution in [2.75, 3.05) is 6.61 Å². The first-order valence-corrected chi connectivity index (χ1v) is 7.02. The first-order valence-electron chi connectivity index (χ1n) is 7.02. The number of hydrogen-bond donors (Lipinski definition) is 2. The van der Waals surface area contributed by atoms with Gasteiger partial charge in [0.05, 0.1) is 12.7 Å². The Morgan fingerprint density at radius 2 is 2.17 bits per heavy atom. The number of carbonyl (C=O) groups excluding carboxylic acids is 1. The van der Waals surface area contributed by atoms with Gasteiger partial charge in [-0.25, -0.2) is 0 Å². The molecule has 0 radical (unpaired) electrons. The Kier molecular flexibility index (Phi) is 5.60. The van der Waals surface area contributed by atoms with Crippen molar-refractivity contribution in [1.29, 1.82) is 0 Å². The van der Waals surface area contributed by atoms with Crippen LogP contribution in [-0.2, 0) is 9.53 Å². The summed E-state index contributed by atoms with van der Waals surface area (Å²) in [4.78, 5) is 11.6. The summed E-state index contributed by atoms with van der Waals surface area (Å²) in [6, 6.07) is 0.205. The van der Waals surface area contributed by atoms with Gasteiger partial charge in [0.2, 0.25) is 5.91 Å². The SMILES string of the molecule is CC1CCCC(OCC(C)(NC(C)C)C(N)=O)C1. The second-order valence-electron chi connectivity index (χ2n) is 6.20. The monoisotopic (exact) mass is 256 g/mol. The van der Waals surface area contributed by atoms with Gasteiger partial charge in [-0.2, -0.15) is 0 Å². The van der Waals surface area contributed by atoms with E-state index >= 15 is 0 Å². The van der Waals surface area contributed by atoms with Crippen molar-refractivity contribution in [1.82, 2.24) is 5.32 Å². The molecule has 0 bridgehead atoms. The first-order chi connectivity index (χ1) is 8.33. The minimum absolute atomic E-state index is 0.205. The predicted octanol–water partition coefficient (Wildman–Crippen LogP) is 1.82. The zero-order valence-electron chi connectivity index (χ0n) is 12.2. The highest BCUT2D eigenvalue weighted by atomic mass is 16.5. The maximum absolute atomic E-state index is 11.6. The fourth-order valence-electron chi connectivity index (χ4n) is 2.64. The van der Waals surface area contributed by atoms with Crippen molar-refractivity contribution in [3.63, 3.8) is 0 Å². The molecule has 18 heavy (non-hydrogen) atoms. The van der Waals surface area contributed by atoms with Crippen LogP contribution in [0.2, 0.25) is 0 Å². The molecular formula is C14H28N2O2. The Morgan fingerprint density at radius 1 is 1.50 bits per heavy atom. The zero-order valence-corrected chi connectivity index (χ0v) is 12.2. The van der Waals surface area contributed by atoms with E-state index in [1.54, 1.807) is 0 Å². The van der Waals surface area contributed by atoms with Gasteiger partial charge in [0.25, 0.3) is 0 Å². The fourth-order valence-corrected chi connectivity index (χ4v) is 2.64. The lowest BCUT2D eigenvalue weighted by Gasteiger charge is -2.33. The molecule has 3 N–H and O–H groups in total. The Balaban J connectivity index is 2.49. The van der Waals surface area contributed by atoms with E-state index in [1.807, 2.05) is 20.8 Å².